The quantitative estimate of drug-likeness (QED) is 0.251. The molecule has 6 aromatic rings. The van der Waals surface area contributed by atoms with E-state index in [9.17, 15) is 0 Å². The van der Waals surface area contributed by atoms with Crippen molar-refractivity contribution in [1.82, 2.24) is 4.57 Å². The first-order valence-electron chi connectivity index (χ1n) is 12.5. The van der Waals surface area contributed by atoms with Crippen LogP contribution in [0.3, 0.4) is 0 Å². The first kappa shape index (κ1) is 22.2. The molecule has 5 aromatic carbocycles. The summed E-state index contributed by atoms with van der Waals surface area (Å²) in [6, 6.07) is 45.7. The zero-order chi connectivity index (χ0) is 24.7. The van der Waals surface area contributed by atoms with Crippen LogP contribution in [0.15, 0.2) is 127 Å². The minimum Gasteiger partial charge on any atom is -0.336 e. The molecule has 2 heteroatoms. The van der Waals surface area contributed by atoms with Gasteiger partial charge in [0.15, 0.2) is 0 Å². The average molecular weight is 467 g/mol. The van der Waals surface area contributed by atoms with E-state index in [1.54, 1.807) is 0 Å². The van der Waals surface area contributed by atoms with Gasteiger partial charge in [0.1, 0.15) is 0 Å². The molecule has 0 fully saturated rings. The number of hydrogen-bond donors (Lipinski definition) is 0. The lowest BCUT2D eigenvalue weighted by molar-refractivity contribution is 0.560. The van der Waals surface area contributed by atoms with Gasteiger partial charge >= 0.3 is 0 Å². The second-order valence-electron chi connectivity index (χ2n) is 10.3. The molecule has 0 amide bonds. The summed E-state index contributed by atoms with van der Waals surface area (Å²) < 4.78 is 2.37. The number of fused-ring (bicyclic) bond motifs is 3. The molecule has 0 radical (unpaired) electrons. The Morgan fingerprint density at radius 1 is 0.472 bits per heavy atom. The van der Waals surface area contributed by atoms with Crippen LogP contribution in [0.25, 0.3) is 38.6 Å². The smallest absolute Gasteiger partial charge is 0.0541 e. The van der Waals surface area contributed by atoms with Crippen molar-refractivity contribution in [1.29, 1.82) is 0 Å². The van der Waals surface area contributed by atoms with E-state index in [2.05, 4.69) is 158 Å². The highest BCUT2D eigenvalue weighted by atomic mass is 15.2. The molecular weight excluding hydrogens is 436 g/mol. The fourth-order valence-electron chi connectivity index (χ4n) is 5.31. The van der Waals surface area contributed by atoms with E-state index in [4.69, 9.17) is 0 Å². The van der Waals surface area contributed by atoms with Crippen molar-refractivity contribution in [2.45, 2.75) is 26.3 Å². The highest BCUT2D eigenvalue weighted by Crippen LogP contribution is 2.36. The van der Waals surface area contributed by atoms with E-state index in [0.29, 0.717) is 0 Å². The van der Waals surface area contributed by atoms with Crippen molar-refractivity contribution < 1.29 is 0 Å². The van der Waals surface area contributed by atoms with Crippen LogP contribution >= 0.6 is 0 Å². The molecule has 1 aromatic heterocycles. The highest BCUT2D eigenvalue weighted by Gasteiger charge is 2.24. The summed E-state index contributed by atoms with van der Waals surface area (Å²) in [5, 5.41) is 2.57. The zero-order valence-electron chi connectivity index (χ0n) is 21.0. The number of nitrogens with zero attached hydrogens (tertiary/aromatic N) is 2. The van der Waals surface area contributed by atoms with E-state index >= 15 is 0 Å². The number of benzene rings is 5. The Labute approximate surface area is 213 Å². The number of rotatable bonds is 4. The van der Waals surface area contributed by atoms with Crippen LogP contribution in [0.4, 0.5) is 11.4 Å². The predicted molar refractivity (Wildman–Crippen MR) is 155 cm³/mol. The average Bonchev–Trinajstić information content (AvgIpc) is 3.24. The van der Waals surface area contributed by atoms with Gasteiger partial charge in [-0.25, -0.2) is 0 Å². The van der Waals surface area contributed by atoms with Crippen LogP contribution in [0, 0.1) is 0 Å². The summed E-state index contributed by atoms with van der Waals surface area (Å²) in [7, 11) is 0. The van der Waals surface area contributed by atoms with Gasteiger partial charge in [0, 0.05) is 33.4 Å². The van der Waals surface area contributed by atoms with Crippen LogP contribution in [0.2, 0.25) is 0 Å². The SMILES string of the molecule is CC(C)(C)N(c1ccc(-c2ccccc2)cc1)c1ccc(-n2c3ccccc3c3ccccc32)cc1. The van der Waals surface area contributed by atoms with Crippen LogP contribution in [0.5, 0.6) is 0 Å². The lowest BCUT2D eigenvalue weighted by Gasteiger charge is -2.38. The molecular formula is C34H30N2. The second-order valence-corrected chi connectivity index (χ2v) is 10.3. The predicted octanol–water partition coefficient (Wildman–Crippen LogP) is 9.39. The highest BCUT2D eigenvalue weighted by molar-refractivity contribution is 6.09. The zero-order valence-corrected chi connectivity index (χ0v) is 21.0. The van der Waals surface area contributed by atoms with Gasteiger partial charge in [-0.2, -0.15) is 0 Å². The fraction of sp³-hybridized carbons (Fsp3) is 0.118. The molecule has 0 aliphatic rings. The standard InChI is InChI=1S/C34H30N2/c1-34(2,3)36(28-19-17-26(18-20-28)25-11-5-4-6-12-25)29-23-21-27(22-24-29)35-32-15-9-7-13-30(32)31-14-8-10-16-33(31)35/h4-24H,1-3H3. The molecule has 0 aliphatic carbocycles. The number of aromatic nitrogens is 1. The largest absolute Gasteiger partial charge is 0.336 e. The Hall–Kier alpha value is -4.30. The van der Waals surface area contributed by atoms with Crippen LogP contribution in [0.1, 0.15) is 20.8 Å². The Kier molecular flexibility index (Phi) is 5.38. The van der Waals surface area contributed by atoms with Gasteiger partial charge in [0.25, 0.3) is 0 Å². The molecule has 0 saturated heterocycles. The summed E-state index contributed by atoms with van der Waals surface area (Å²) in [6.07, 6.45) is 0. The van der Waals surface area contributed by atoms with E-state index in [1.165, 1.54) is 50.0 Å². The monoisotopic (exact) mass is 466 g/mol. The fourth-order valence-corrected chi connectivity index (χ4v) is 5.31. The molecule has 0 aliphatic heterocycles. The molecule has 0 spiro atoms. The molecule has 0 atom stereocenters. The topological polar surface area (TPSA) is 8.17 Å². The maximum Gasteiger partial charge on any atom is 0.0541 e. The third kappa shape index (κ3) is 3.85. The molecule has 0 saturated carbocycles. The van der Waals surface area contributed by atoms with Crippen molar-refractivity contribution in [2.75, 3.05) is 4.90 Å². The van der Waals surface area contributed by atoms with Crippen LogP contribution < -0.4 is 4.90 Å². The van der Waals surface area contributed by atoms with Gasteiger partial charge in [-0.3, -0.25) is 0 Å². The van der Waals surface area contributed by atoms with Crippen LogP contribution in [-0.4, -0.2) is 10.1 Å². The summed E-state index contributed by atoms with van der Waals surface area (Å²) in [4.78, 5) is 2.41. The molecule has 1 heterocycles. The van der Waals surface area contributed by atoms with Crippen molar-refractivity contribution in [2.24, 2.45) is 0 Å². The van der Waals surface area contributed by atoms with Crippen molar-refractivity contribution in [3.63, 3.8) is 0 Å². The number of anilines is 2. The van der Waals surface area contributed by atoms with E-state index in [-0.39, 0.29) is 5.54 Å². The molecule has 0 N–H and O–H groups in total. The lowest BCUT2D eigenvalue weighted by atomic mass is 10.0. The Morgan fingerprint density at radius 2 is 0.917 bits per heavy atom. The third-order valence-electron chi connectivity index (χ3n) is 6.85. The third-order valence-corrected chi connectivity index (χ3v) is 6.85. The van der Waals surface area contributed by atoms with Crippen molar-refractivity contribution >= 4 is 33.2 Å². The van der Waals surface area contributed by atoms with Crippen molar-refractivity contribution in [3.05, 3.63) is 127 Å². The maximum atomic E-state index is 2.41. The minimum atomic E-state index is -0.0807. The molecule has 0 bridgehead atoms. The first-order valence-corrected chi connectivity index (χ1v) is 12.5. The van der Waals surface area contributed by atoms with Gasteiger partial charge in [-0.05, 0) is 80.4 Å². The molecule has 0 unspecified atom stereocenters. The molecule has 176 valence electrons. The van der Waals surface area contributed by atoms with E-state index < -0.39 is 0 Å². The van der Waals surface area contributed by atoms with Crippen molar-refractivity contribution in [3.8, 4) is 16.8 Å². The summed E-state index contributed by atoms with van der Waals surface area (Å²) >= 11 is 0. The van der Waals surface area contributed by atoms with Gasteiger partial charge in [0.2, 0.25) is 0 Å². The normalized spacial score (nSPS) is 11.8. The first-order chi connectivity index (χ1) is 17.5. The molecule has 6 rings (SSSR count). The Morgan fingerprint density at radius 3 is 1.44 bits per heavy atom. The number of para-hydroxylation sites is 2. The summed E-state index contributed by atoms with van der Waals surface area (Å²) in [6.45, 7) is 6.79. The van der Waals surface area contributed by atoms with Crippen LogP contribution in [-0.2, 0) is 0 Å². The lowest BCUT2D eigenvalue weighted by Crippen LogP contribution is -2.37. The van der Waals surface area contributed by atoms with Gasteiger partial charge in [-0.1, -0.05) is 78.9 Å². The molecule has 2 nitrogen and oxygen atoms in total. The van der Waals surface area contributed by atoms with Gasteiger partial charge in [0.05, 0.1) is 11.0 Å². The van der Waals surface area contributed by atoms with Gasteiger partial charge in [-0.15, -0.1) is 0 Å². The Bertz CT molecular complexity index is 1580. The van der Waals surface area contributed by atoms with Gasteiger partial charge < -0.3 is 9.47 Å². The summed E-state index contributed by atoms with van der Waals surface area (Å²) in [5.74, 6) is 0. The second kappa shape index (κ2) is 8.73. The van der Waals surface area contributed by atoms with E-state index in [1.807, 2.05) is 0 Å². The minimum absolute atomic E-state index is 0.0807. The number of hydrogen-bond acceptors (Lipinski definition) is 1. The molecule has 36 heavy (non-hydrogen) atoms. The Balaban J connectivity index is 1.41. The van der Waals surface area contributed by atoms with E-state index in [0.717, 1.165) is 0 Å². The maximum absolute atomic E-state index is 2.41. The summed E-state index contributed by atoms with van der Waals surface area (Å²) in [5.41, 5.74) is 8.39.